The van der Waals surface area contributed by atoms with Gasteiger partial charge >= 0.3 is 0 Å². The van der Waals surface area contributed by atoms with E-state index in [2.05, 4.69) is 6.58 Å². The summed E-state index contributed by atoms with van der Waals surface area (Å²) < 4.78 is 5.27. The van der Waals surface area contributed by atoms with E-state index in [9.17, 15) is 9.59 Å². The van der Waals surface area contributed by atoms with Crippen LogP contribution in [-0.4, -0.2) is 48.4 Å². The molecule has 2 amide bonds. The number of amides is 2. The maximum absolute atomic E-state index is 13.2. The van der Waals surface area contributed by atoms with Crippen molar-refractivity contribution < 1.29 is 14.3 Å². The molecule has 0 bridgehead atoms. The molecule has 3 rings (SSSR count). The summed E-state index contributed by atoms with van der Waals surface area (Å²) in [7, 11) is 1.65. The van der Waals surface area contributed by atoms with E-state index in [0.717, 1.165) is 37.1 Å². The van der Waals surface area contributed by atoms with Crippen molar-refractivity contribution >= 4 is 11.8 Å². The first kappa shape index (κ1) is 17.5. The molecule has 2 aliphatic heterocycles. The third-order valence-electron chi connectivity index (χ3n) is 5.36. The number of hydrogen-bond donors (Lipinski definition) is 0. The second kappa shape index (κ2) is 7.30. The molecule has 0 radical (unpaired) electrons. The van der Waals surface area contributed by atoms with Crippen molar-refractivity contribution in [1.29, 1.82) is 0 Å². The Kier molecular flexibility index (Phi) is 5.11. The predicted octanol–water partition coefficient (Wildman–Crippen LogP) is 2.61. The molecule has 1 atom stereocenters. The van der Waals surface area contributed by atoms with Crippen LogP contribution in [0.3, 0.4) is 0 Å². The zero-order valence-corrected chi connectivity index (χ0v) is 14.9. The highest BCUT2D eigenvalue weighted by atomic mass is 16.5. The number of rotatable bonds is 5. The monoisotopic (exact) mass is 342 g/mol. The summed E-state index contributed by atoms with van der Waals surface area (Å²) in [5, 5.41) is 0. The van der Waals surface area contributed by atoms with Crippen LogP contribution in [0.2, 0.25) is 0 Å². The van der Waals surface area contributed by atoms with Crippen molar-refractivity contribution in [3.63, 3.8) is 0 Å². The van der Waals surface area contributed by atoms with Gasteiger partial charge in [-0.1, -0.05) is 18.2 Å². The number of benzene rings is 1. The number of methoxy groups -OCH3 is 1. The van der Waals surface area contributed by atoms with Crippen molar-refractivity contribution in [2.75, 3.05) is 26.7 Å². The summed E-state index contributed by atoms with van der Waals surface area (Å²) in [5.41, 5.74) is 0.677. The van der Waals surface area contributed by atoms with Crippen LogP contribution in [0.15, 0.2) is 36.9 Å². The average molecular weight is 342 g/mol. The van der Waals surface area contributed by atoms with Crippen LogP contribution in [0.25, 0.3) is 0 Å². The van der Waals surface area contributed by atoms with E-state index < -0.39 is 5.41 Å². The first-order valence-corrected chi connectivity index (χ1v) is 8.89. The Balaban J connectivity index is 1.71. The largest absolute Gasteiger partial charge is 0.497 e. The standard InChI is InChI=1S/C20H26N2O3/c1-3-6-18(23)22-12-10-20(15-22)9-5-11-21(19(20)24)14-16-7-4-8-17(13-16)25-2/h3-4,7-8,13H,1,5-6,9-12,14-15H2,2H3/t20-/m0/s1. The molecule has 5 heteroatoms. The van der Waals surface area contributed by atoms with Gasteiger partial charge in [-0.15, -0.1) is 6.58 Å². The summed E-state index contributed by atoms with van der Waals surface area (Å²) in [6.45, 7) is 6.22. The molecule has 2 heterocycles. The van der Waals surface area contributed by atoms with E-state index in [1.165, 1.54) is 0 Å². The van der Waals surface area contributed by atoms with Crippen molar-refractivity contribution in [3.05, 3.63) is 42.5 Å². The number of nitrogens with zero attached hydrogens (tertiary/aromatic N) is 2. The lowest BCUT2D eigenvalue weighted by Crippen LogP contribution is -2.50. The number of ether oxygens (including phenoxy) is 1. The van der Waals surface area contributed by atoms with Gasteiger partial charge in [0.2, 0.25) is 11.8 Å². The van der Waals surface area contributed by atoms with Gasteiger partial charge in [0.05, 0.1) is 12.5 Å². The minimum atomic E-state index is -0.395. The van der Waals surface area contributed by atoms with Gasteiger partial charge in [0.25, 0.3) is 0 Å². The summed E-state index contributed by atoms with van der Waals surface area (Å²) in [6.07, 6.45) is 4.60. The van der Waals surface area contributed by atoms with Crippen LogP contribution in [0.4, 0.5) is 0 Å². The lowest BCUT2D eigenvalue weighted by Gasteiger charge is -2.39. The Hall–Kier alpha value is -2.30. The van der Waals surface area contributed by atoms with Crippen molar-refractivity contribution in [2.45, 2.75) is 32.2 Å². The fraction of sp³-hybridized carbons (Fsp3) is 0.500. The fourth-order valence-electron chi connectivity index (χ4n) is 4.01. The quantitative estimate of drug-likeness (QED) is 0.773. The van der Waals surface area contributed by atoms with Crippen LogP contribution in [0, 0.1) is 5.41 Å². The van der Waals surface area contributed by atoms with Gasteiger partial charge in [-0.2, -0.15) is 0 Å². The zero-order valence-electron chi connectivity index (χ0n) is 14.9. The second-order valence-electron chi connectivity index (χ2n) is 7.02. The first-order valence-electron chi connectivity index (χ1n) is 8.89. The number of carbonyl (C=O) groups is 2. The summed E-state index contributed by atoms with van der Waals surface area (Å²) >= 11 is 0. The summed E-state index contributed by atoms with van der Waals surface area (Å²) in [5.74, 6) is 1.07. The van der Waals surface area contributed by atoms with Crippen LogP contribution >= 0.6 is 0 Å². The molecule has 25 heavy (non-hydrogen) atoms. The fourth-order valence-corrected chi connectivity index (χ4v) is 4.01. The molecule has 0 N–H and O–H groups in total. The molecule has 2 saturated heterocycles. The van der Waals surface area contributed by atoms with Crippen LogP contribution in [0.1, 0.15) is 31.2 Å². The predicted molar refractivity (Wildman–Crippen MR) is 96.1 cm³/mol. The van der Waals surface area contributed by atoms with Gasteiger partial charge in [0, 0.05) is 32.6 Å². The SMILES string of the molecule is C=CCC(=O)N1CC[C@@]2(CCCN(Cc3cccc(OC)c3)C2=O)C1. The molecule has 0 aromatic heterocycles. The summed E-state index contributed by atoms with van der Waals surface area (Å²) in [4.78, 5) is 29.1. The molecule has 2 fully saturated rings. The summed E-state index contributed by atoms with van der Waals surface area (Å²) in [6, 6.07) is 7.85. The number of likely N-dealkylation sites (tertiary alicyclic amines) is 2. The van der Waals surface area contributed by atoms with Gasteiger partial charge < -0.3 is 14.5 Å². The number of hydrogen-bond acceptors (Lipinski definition) is 3. The molecule has 1 aromatic rings. The molecule has 5 nitrogen and oxygen atoms in total. The maximum Gasteiger partial charge on any atom is 0.230 e. The molecule has 1 spiro atoms. The highest BCUT2D eigenvalue weighted by Crippen LogP contribution is 2.40. The smallest absolute Gasteiger partial charge is 0.230 e. The van der Waals surface area contributed by atoms with Crippen molar-refractivity contribution in [3.8, 4) is 5.75 Å². The van der Waals surface area contributed by atoms with Gasteiger partial charge in [0.15, 0.2) is 0 Å². The minimum absolute atomic E-state index is 0.0737. The number of carbonyl (C=O) groups excluding carboxylic acids is 2. The number of piperidine rings is 1. The Morgan fingerprint density at radius 3 is 2.96 bits per heavy atom. The molecule has 0 unspecified atom stereocenters. The van der Waals surface area contributed by atoms with Crippen LogP contribution in [0.5, 0.6) is 5.75 Å². The highest BCUT2D eigenvalue weighted by molar-refractivity contribution is 5.86. The van der Waals surface area contributed by atoms with Gasteiger partial charge in [-0.3, -0.25) is 9.59 Å². The maximum atomic E-state index is 13.2. The molecular weight excluding hydrogens is 316 g/mol. The normalized spacial score (nSPS) is 23.2. The zero-order chi connectivity index (χ0) is 17.9. The van der Waals surface area contributed by atoms with E-state index >= 15 is 0 Å². The van der Waals surface area contributed by atoms with Gasteiger partial charge in [-0.25, -0.2) is 0 Å². The van der Waals surface area contributed by atoms with E-state index in [-0.39, 0.29) is 11.8 Å². The van der Waals surface area contributed by atoms with Crippen LogP contribution < -0.4 is 4.74 Å². The molecular formula is C20H26N2O3. The van der Waals surface area contributed by atoms with Gasteiger partial charge in [-0.05, 0) is 37.0 Å². The third-order valence-corrected chi connectivity index (χ3v) is 5.36. The van der Waals surface area contributed by atoms with Crippen molar-refractivity contribution in [2.24, 2.45) is 5.41 Å². The topological polar surface area (TPSA) is 49.9 Å². The third kappa shape index (κ3) is 3.55. The molecule has 0 aliphatic carbocycles. The first-order chi connectivity index (χ1) is 12.1. The Morgan fingerprint density at radius 1 is 1.36 bits per heavy atom. The molecule has 134 valence electrons. The lowest BCUT2D eigenvalue weighted by molar-refractivity contribution is -0.146. The average Bonchev–Trinajstić information content (AvgIpc) is 3.05. The highest BCUT2D eigenvalue weighted by Gasteiger charge is 2.49. The lowest BCUT2D eigenvalue weighted by atomic mass is 9.78. The Bertz CT molecular complexity index is 673. The van der Waals surface area contributed by atoms with Crippen LogP contribution in [-0.2, 0) is 16.1 Å². The Labute approximate surface area is 149 Å². The molecule has 2 aliphatic rings. The second-order valence-corrected chi connectivity index (χ2v) is 7.02. The Morgan fingerprint density at radius 2 is 2.20 bits per heavy atom. The van der Waals surface area contributed by atoms with Gasteiger partial charge in [0.1, 0.15) is 5.75 Å². The van der Waals surface area contributed by atoms with E-state index in [1.54, 1.807) is 13.2 Å². The van der Waals surface area contributed by atoms with E-state index in [4.69, 9.17) is 4.74 Å². The van der Waals surface area contributed by atoms with E-state index in [1.807, 2.05) is 34.1 Å². The minimum Gasteiger partial charge on any atom is -0.497 e. The van der Waals surface area contributed by atoms with E-state index in [0.29, 0.717) is 26.1 Å². The van der Waals surface area contributed by atoms with Crippen molar-refractivity contribution in [1.82, 2.24) is 9.80 Å². The molecule has 0 saturated carbocycles. The molecule has 1 aromatic carbocycles.